The van der Waals surface area contributed by atoms with Crippen LogP contribution < -0.4 is 10.6 Å². The molecule has 0 aromatic heterocycles. The normalized spacial score (nSPS) is 14.7. The SMILES string of the molecule is CC(C)NC(=O)Nc1ccc(C(=O)N(CC(C)C(=O)O)C2CC2)cc1. The van der Waals surface area contributed by atoms with Crippen molar-refractivity contribution in [1.82, 2.24) is 10.2 Å². The molecular weight excluding hydrogens is 322 g/mol. The fraction of sp³-hybridized carbons (Fsp3) is 0.500. The molecule has 1 aromatic carbocycles. The monoisotopic (exact) mass is 347 g/mol. The fourth-order valence-corrected chi connectivity index (χ4v) is 2.45. The van der Waals surface area contributed by atoms with Gasteiger partial charge in [-0.05, 0) is 51.0 Å². The van der Waals surface area contributed by atoms with E-state index >= 15 is 0 Å². The van der Waals surface area contributed by atoms with Crippen LogP contribution in [0.3, 0.4) is 0 Å². The van der Waals surface area contributed by atoms with E-state index in [1.54, 1.807) is 36.1 Å². The lowest BCUT2D eigenvalue weighted by atomic mass is 10.1. The first kappa shape index (κ1) is 18.8. The van der Waals surface area contributed by atoms with Gasteiger partial charge in [0.2, 0.25) is 0 Å². The Balaban J connectivity index is 2.02. The third-order valence-electron chi connectivity index (χ3n) is 3.95. The second-order valence-electron chi connectivity index (χ2n) is 6.76. The zero-order valence-electron chi connectivity index (χ0n) is 14.8. The second kappa shape index (κ2) is 8.00. The zero-order valence-corrected chi connectivity index (χ0v) is 14.8. The van der Waals surface area contributed by atoms with Crippen LogP contribution in [-0.4, -0.2) is 46.5 Å². The number of hydrogen-bond acceptors (Lipinski definition) is 3. The third-order valence-corrected chi connectivity index (χ3v) is 3.95. The van der Waals surface area contributed by atoms with E-state index in [2.05, 4.69) is 10.6 Å². The number of benzene rings is 1. The molecule has 1 aliphatic rings. The van der Waals surface area contributed by atoms with Gasteiger partial charge in [0.15, 0.2) is 0 Å². The summed E-state index contributed by atoms with van der Waals surface area (Å²) in [4.78, 5) is 37.1. The molecule has 25 heavy (non-hydrogen) atoms. The number of carbonyl (C=O) groups excluding carboxylic acids is 2. The Labute approximate surface area is 147 Å². The molecule has 2 rings (SSSR count). The molecule has 3 N–H and O–H groups in total. The molecule has 0 aliphatic heterocycles. The summed E-state index contributed by atoms with van der Waals surface area (Å²) in [5.74, 6) is -1.69. The summed E-state index contributed by atoms with van der Waals surface area (Å²) < 4.78 is 0. The maximum atomic E-state index is 12.7. The van der Waals surface area contributed by atoms with Crippen LogP contribution in [0, 0.1) is 5.92 Å². The summed E-state index contributed by atoms with van der Waals surface area (Å²) in [5.41, 5.74) is 1.07. The number of carboxylic acid groups (broad SMARTS) is 1. The molecule has 0 saturated heterocycles. The van der Waals surface area contributed by atoms with Gasteiger partial charge in [-0.3, -0.25) is 9.59 Å². The molecular formula is C18H25N3O4. The van der Waals surface area contributed by atoms with Crippen LogP contribution >= 0.6 is 0 Å². The highest BCUT2D eigenvalue weighted by Gasteiger charge is 2.34. The number of aliphatic carboxylic acids is 1. The predicted molar refractivity (Wildman–Crippen MR) is 94.6 cm³/mol. The number of nitrogens with one attached hydrogen (secondary N) is 2. The minimum Gasteiger partial charge on any atom is -0.481 e. The van der Waals surface area contributed by atoms with E-state index in [1.807, 2.05) is 13.8 Å². The summed E-state index contributed by atoms with van der Waals surface area (Å²) in [6.07, 6.45) is 1.82. The Morgan fingerprint density at radius 2 is 1.76 bits per heavy atom. The molecule has 1 saturated carbocycles. The van der Waals surface area contributed by atoms with Gasteiger partial charge >= 0.3 is 12.0 Å². The van der Waals surface area contributed by atoms with E-state index in [1.165, 1.54) is 0 Å². The summed E-state index contributed by atoms with van der Waals surface area (Å²) >= 11 is 0. The first-order valence-corrected chi connectivity index (χ1v) is 8.49. The fourth-order valence-electron chi connectivity index (χ4n) is 2.45. The topological polar surface area (TPSA) is 98.7 Å². The van der Waals surface area contributed by atoms with E-state index in [-0.39, 0.29) is 30.6 Å². The van der Waals surface area contributed by atoms with Crippen LogP contribution in [0.5, 0.6) is 0 Å². The van der Waals surface area contributed by atoms with Crippen molar-refractivity contribution in [2.24, 2.45) is 5.92 Å². The molecule has 1 aliphatic carbocycles. The summed E-state index contributed by atoms with van der Waals surface area (Å²) in [6.45, 7) is 5.54. The van der Waals surface area contributed by atoms with Gasteiger partial charge in [-0.25, -0.2) is 4.79 Å². The average Bonchev–Trinajstić information content (AvgIpc) is 3.36. The van der Waals surface area contributed by atoms with Crippen LogP contribution in [0.2, 0.25) is 0 Å². The molecule has 1 fully saturated rings. The lowest BCUT2D eigenvalue weighted by Gasteiger charge is -2.24. The zero-order chi connectivity index (χ0) is 18.6. The Bertz CT molecular complexity index is 638. The molecule has 1 atom stereocenters. The summed E-state index contributed by atoms with van der Waals surface area (Å²) in [6, 6.07) is 6.48. The number of rotatable bonds is 7. The Hall–Kier alpha value is -2.57. The van der Waals surface area contributed by atoms with Crippen molar-refractivity contribution >= 4 is 23.6 Å². The molecule has 1 unspecified atom stereocenters. The molecule has 1 aromatic rings. The number of nitrogens with zero attached hydrogens (tertiary/aromatic N) is 1. The molecule has 7 nitrogen and oxygen atoms in total. The Morgan fingerprint density at radius 1 is 1.16 bits per heavy atom. The van der Waals surface area contributed by atoms with Gasteiger partial charge in [0.1, 0.15) is 0 Å². The quantitative estimate of drug-likeness (QED) is 0.706. The molecule has 136 valence electrons. The van der Waals surface area contributed by atoms with Gasteiger partial charge in [0.05, 0.1) is 5.92 Å². The van der Waals surface area contributed by atoms with Crippen LogP contribution in [0.4, 0.5) is 10.5 Å². The lowest BCUT2D eigenvalue weighted by molar-refractivity contribution is -0.141. The minimum absolute atomic E-state index is 0.0316. The molecule has 0 bridgehead atoms. The van der Waals surface area contributed by atoms with E-state index < -0.39 is 11.9 Å². The number of carbonyl (C=O) groups is 3. The minimum atomic E-state index is -0.908. The first-order chi connectivity index (χ1) is 11.8. The van der Waals surface area contributed by atoms with Gasteiger partial charge < -0.3 is 20.6 Å². The predicted octanol–water partition coefficient (Wildman–Crippen LogP) is 2.54. The van der Waals surface area contributed by atoms with Crippen molar-refractivity contribution in [3.63, 3.8) is 0 Å². The Kier molecular flexibility index (Phi) is 6.01. The standard InChI is InChI=1S/C18H25N3O4/c1-11(2)19-18(25)20-14-6-4-13(5-7-14)16(22)21(15-8-9-15)10-12(3)17(23)24/h4-7,11-12,15H,8-10H2,1-3H3,(H,23,24)(H2,19,20,25). The highest BCUT2D eigenvalue weighted by molar-refractivity contribution is 5.96. The number of urea groups is 1. The van der Waals surface area contributed by atoms with Gasteiger partial charge in [0, 0.05) is 29.9 Å². The first-order valence-electron chi connectivity index (χ1n) is 8.49. The maximum absolute atomic E-state index is 12.7. The van der Waals surface area contributed by atoms with Crippen LogP contribution in [0.25, 0.3) is 0 Å². The molecule has 0 heterocycles. The van der Waals surface area contributed by atoms with E-state index in [9.17, 15) is 14.4 Å². The Morgan fingerprint density at radius 3 is 2.24 bits per heavy atom. The third kappa shape index (κ3) is 5.48. The van der Waals surface area contributed by atoms with Crippen molar-refractivity contribution in [1.29, 1.82) is 0 Å². The highest BCUT2D eigenvalue weighted by atomic mass is 16.4. The van der Waals surface area contributed by atoms with Crippen molar-refractivity contribution in [3.8, 4) is 0 Å². The van der Waals surface area contributed by atoms with Gasteiger partial charge in [-0.1, -0.05) is 6.92 Å². The summed E-state index contributed by atoms with van der Waals surface area (Å²) in [7, 11) is 0. The van der Waals surface area contributed by atoms with E-state index in [4.69, 9.17) is 5.11 Å². The number of hydrogen-bond donors (Lipinski definition) is 3. The van der Waals surface area contributed by atoms with E-state index in [0.717, 1.165) is 12.8 Å². The van der Waals surface area contributed by atoms with Crippen molar-refractivity contribution in [2.45, 2.75) is 45.7 Å². The van der Waals surface area contributed by atoms with Crippen molar-refractivity contribution < 1.29 is 19.5 Å². The smallest absolute Gasteiger partial charge is 0.319 e. The van der Waals surface area contributed by atoms with E-state index in [0.29, 0.717) is 11.3 Å². The number of amides is 3. The highest BCUT2D eigenvalue weighted by Crippen LogP contribution is 2.29. The average molecular weight is 347 g/mol. The second-order valence-corrected chi connectivity index (χ2v) is 6.76. The van der Waals surface area contributed by atoms with Gasteiger partial charge in [0.25, 0.3) is 5.91 Å². The van der Waals surface area contributed by atoms with Crippen molar-refractivity contribution in [2.75, 3.05) is 11.9 Å². The van der Waals surface area contributed by atoms with Crippen LogP contribution in [-0.2, 0) is 4.79 Å². The molecule has 0 spiro atoms. The number of carboxylic acids is 1. The van der Waals surface area contributed by atoms with Gasteiger partial charge in [-0.15, -0.1) is 0 Å². The van der Waals surface area contributed by atoms with Crippen molar-refractivity contribution in [3.05, 3.63) is 29.8 Å². The lowest BCUT2D eigenvalue weighted by Crippen LogP contribution is -2.38. The molecule has 0 radical (unpaired) electrons. The van der Waals surface area contributed by atoms with Gasteiger partial charge in [-0.2, -0.15) is 0 Å². The largest absolute Gasteiger partial charge is 0.481 e. The van der Waals surface area contributed by atoms with Crippen LogP contribution in [0.15, 0.2) is 24.3 Å². The molecule has 3 amide bonds. The number of anilines is 1. The maximum Gasteiger partial charge on any atom is 0.319 e. The summed E-state index contributed by atoms with van der Waals surface area (Å²) in [5, 5.41) is 14.5. The van der Waals surface area contributed by atoms with Crippen LogP contribution in [0.1, 0.15) is 44.0 Å². The molecule has 7 heteroatoms.